The molecule has 0 saturated heterocycles. The maximum atomic E-state index is 12.6. The molecular weight excluding hydrogens is 362 g/mol. The summed E-state index contributed by atoms with van der Waals surface area (Å²) in [5.74, 6) is -1.02. The molecule has 0 aliphatic rings. The molecule has 0 saturated carbocycles. The van der Waals surface area contributed by atoms with Crippen molar-refractivity contribution in [3.8, 4) is 0 Å². The minimum Gasteiger partial charge on any atom is -0.459 e. The van der Waals surface area contributed by atoms with E-state index in [-0.39, 0.29) is 23.1 Å². The molecule has 3 rings (SSSR count). The highest BCUT2D eigenvalue weighted by molar-refractivity contribution is 5.94. The summed E-state index contributed by atoms with van der Waals surface area (Å²) in [6.07, 6.45) is 0.577. The first-order valence-corrected chi connectivity index (χ1v) is 8.90. The number of fused-ring (bicyclic) bond motifs is 1. The van der Waals surface area contributed by atoms with Crippen molar-refractivity contribution in [2.45, 2.75) is 32.9 Å². The van der Waals surface area contributed by atoms with Crippen LogP contribution in [0.25, 0.3) is 10.9 Å². The van der Waals surface area contributed by atoms with Crippen molar-refractivity contribution in [1.29, 1.82) is 0 Å². The summed E-state index contributed by atoms with van der Waals surface area (Å²) in [6.45, 7) is 5.18. The van der Waals surface area contributed by atoms with Crippen LogP contribution < -0.4 is 10.9 Å². The summed E-state index contributed by atoms with van der Waals surface area (Å²) in [7, 11) is 0. The van der Waals surface area contributed by atoms with Gasteiger partial charge in [0, 0.05) is 0 Å². The minimum atomic E-state index is -0.882. The fourth-order valence-electron chi connectivity index (χ4n) is 2.72. The fraction of sp³-hybridized carbons (Fsp3) is 0.300. The number of rotatable bonds is 6. The van der Waals surface area contributed by atoms with Gasteiger partial charge in [-0.15, -0.1) is 0 Å². The van der Waals surface area contributed by atoms with E-state index < -0.39 is 24.0 Å². The molecule has 8 heteroatoms. The van der Waals surface area contributed by atoms with Crippen LogP contribution in [0, 0.1) is 5.92 Å². The van der Waals surface area contributed by atoms with Crippen molar-refractivity contribution in [2.24, 2.45) is 5.92 Å². The largest absolute Gasteiger partial charge is 0.459 e. The summed E-state index contributed by atoms with van der Waals surface area (Å²) in [5.41, 5.74) is 0.200. The smallest absolute Gasteiger partial charge is 0.329 e. The molecule has 2 N–H and O–H groups in total. The number of carbonyl (C=O) groups is 2. The van der Waals surface area contributed by atoms with Gasteiger partial charge in [0.2, 0.25) is 0 Å². The fourth-order valence-corrected chi connectivity index (χ4v) is 2.72. The molecule has 0 radical (unpaired) electrons. The molecule has 2 heterocycles. The van der Waals surface area contributed by atoms with Crippen LogP contribution >= 0.6 is 0 Å². The average molecular weight is 383 g/mol. The lowest BCUT2D eigenvalue weighted by molar-refractivity contribution is -0.152. The summed E-state index contributed by atoms with van der Waals surface area (Å²) < 4.78 is 10.5. The number of amides is 1. The maximum Gasteiger partial charge on any atom is 0.329 e. The Balaban J connectivity index is 1.76. The van der Waals surface area contributed by atoms with E-state index in [0.29, 0.717) is 10.9 Å². The van der Waals surface area contributed by atoms with Crippen LogP contribution in [-0.4, -0.2) is 27.9 Å². The van der Waals surface area contributed by atoms with Gasteiger partial charge in [-0.2, -0.15) is 0 Å². The van der Waals surface area contributed by atoms with Gasteiger partial charge in [0.15, 0.2) is 17.7 Å². The van der Waals surface area contributed by atoms with Gasteiger partial charge in [-0.3, -0.25) is 9.59 Å². The lowest BCUT2D eigenvalue weighted by Gasteiger charge is -2.22. The zero-order valence-electron chi connectivity index (χ0n) is 15.8. The van der Waals surface area contributed by atoms with Crippen LogP contribution in [0.15, 0.2) is 51.9 Å². The molecule has 28 heavy (non-hydrogen) atoms. The molecule has 3 aromatic rings. The summed E-state index contributed by atoms with van der Waals surface area (Å²) in [4.78, 5) is 44.0. The highest BCUT2D eigenvalue weighted by atomic mass is 16.5. The number of nitrogens with one attached hydrogen (secondary N) is 2. The Hall–Kier alpha value is -3.42. The third kappa shape index (κ3) is 4.11. The first-order chi connectivity index (χ1) is 13.4. The molecule has 0 aliphatic heterocycles. The zero-order chi connectivity index (χ0) is 20.3. The normalized spacial score (nSPS) is 13.3. The number of esters is 1. The minimum absolute atomic E-state index is 0.104. The van der Waals surface area contributed by atoms with Gasteiger partial charge >= 0.3 is 5.97 Å². The van der Waals surface area contributed by atoms with Crippen molar-refractivity contribution < 1.29 is 18.7 Å². The molecule has 1 amide bonds. The summed E-state index contributed by atoms with van der Waals surface area (Å²) in [5, 5.41) is 3.07. The van der Waals surface area contributed by atoms with Gasteiger partial charge in [-0.25, -0.2) is 9.78 Å². The highest BCUT2D eigenvalue weighted by Crippen LogP contribution is 2.17. The van der Waals surface area contributed by atoms with E-state index in [2.05, 4.69) is 15.3 Å². The second-order valence-electron chi connectivity index (χ2n) is 6.72. The number of aromatic nitrogens is 2. The highest BCUT2D eigenvalue weighted by Gasteiger charge is 2.29. The van der Waals surface area contributed by atoms with E-state index in [1.165, 1.54) is 12.3 Å². The Morgan fingerprint density at radius 1 is 1.14 bits per heavy atom. The third-order valence-corrected chi connectivity index (χ3v) is 4.26. The Morgan fingerprint density at radius 2 is 1.89 bits per heavy atom. The molecule has 146 valence electrons. The van der Waals surface area contributed by atoms with Crippen molar-refractivity contribution in [1.82, 2.24) is 15.3 Å². The van der Waals surface area contributed by atoms with Crippen molar-refractivity contribution in [3.63, 3.8) is 0 Å². The number of furan rings is 1. The standard InChI is InChI=1S/C20H21N3O5/c1-11(2)16(22-19(25)15-9-6-10-27-15)20(26)28-12(3)17-21-14-8-5-4-7-13(14)18(24)23-17/h4-12,16H,1-3H3,(H,22,25)(H,21,23,24)/t12-,16-/m0/s1. The summed E-state index contributed by atoms with van der Waals surface area (Å²) >= 11 is 0. The van der Waals surface area contributed by atoms with E-state index in [1.807, 2.05) is 0 Å². The van der Waals surface area contributed by atoms with Crippen LogP contribution in [0.1, 0.15) is 43.3 Å². The number of nitrogens with zero attached hydrogens (tertiary/aromatic N) is 1. The Morgan fingerprint density at radius 3 is 2.57 bits per heavy atom. The Labute approximate surface area is 160 Å². The number of para-hydroxylation sites is 1. The molecule has 2 atom stereocenters. The van der Waals surface area contributed by atoms with E-state index in [9.17, 15) is 14.4 Å². The van der Waals surface area contributed by atoms with Crippen LogP contribution in [0.3, 0.4) is 0 Å². The molecule has 1 aromatic carbocycles. The van der Waals surface area contributed by atoms with E-state index in [0.717, 1.165) is 0 Å². The van der Waals surface area contributed by atoms with Gasteiger partial charge < -0.3 is 19.5 Å². The van der Waals surface area contributed by atoms with Crippen molar-refractivity contribution >= 4 is 22.8 Å². The molecule has 0 unspecified atom stereocenters. The Bertz CT molecular complexity index is 1040. The first kappa shape index (κ1) is 19.3. The quantitative estimate of drug-likeness (QED) is 0.632. The first-order valence-electron chi connectivity index (χ1n) is 8.90. The van der Waals surface area contributed by atoms with E-state index in [1.54, 1.807) is 51.1 Å². The molecule has 8 nitrogen and oxygen atoms in total. The van der Waals surface area contributed by atoms with Crippen LogP contribution in [0.2, 0.25) is 0 Å². The van der Waals surface area contributed by atoms with Gasteiger partial charge in [0.05, 0.1) is 17.2 Å². The van der Waals surface area contributed by atoms with Crippen molar-refractivity contribution in [3.05, 3.63) is 64.6 Å². The molecule has 0 fully saturated rings. The monoisotopic (exact) mass is 383 g/mol. The zero-order valence-corrected chi connectivity index (χ0v) is 15.8. The number of carbonyl (C=O) groups excluding carboxylic acids is 2. The molecular formula is C20H21N3O5. The van der Waals surface area contributed by atoms with Crippen LogP contribution in [-0.2, 0) is 9.53 Å². The number of benzene rings is 1. The van der Waals surface area contributed by atoms with Gasteiger partial charge in [-0.1, -0.05) is 26.0 Å². The van der Waals surface area contributed by atoms with Gasteiger partial charge in [0.1, 0.15) is 6.04 Å². The van der Waals surface area contributed by atoms with Crippen LogP contribution in [0.4, 0.5) is 0 Å². The number of hydrogen-bond donors (Lipinski definition) is 2. The molecule has 0 bridgehead atoms. The van der Waals surface area contributed by atoms with Crippen LogP contribution in [0.5, 0.6) is 0 Å². The Kier molecular flexibility index (Phi) is 5.58. The van der Waals surface area contributed by atoms with E-state index >= 15 is 0 Å². The number of H-pyrrole nitrogens is 1. The topological polar surface area (TPSA) is 114 Å². The SMILES string of the molecule is CC(C)[C@H](NC(=O)c1ccco1)C(=O)O[C@@H](C)c1nc2ccccc2c(=O)[nH]1. The summed E-state index contributed by atoms with van der Waals surface area (Å²) in [6, 6.07) is 9.10. The van der Waals surface area contributed by atoms with E-state index in [4.69, 9.17) is 9.15 Å². The second kappa shape index (κ2) is 8.08. The molecule has 0 aliphatic carbocycles. The second-order valence-corrected chi connectivity index (χ2v) is 6.72. The molecule has 2 aromatic heterocycles. The lowest BCUT2D eigenvalue weighted by Crippen LogP contribution is -2.45. The lowest BCUT2D eigenvalue weighted by atomic mass is 10.0. The number of hydrogen-bond acceptors (Lipinski definition) is 6. The van der Waals surface area contributed by atoms with Gasteiger partial charge in [-0.05, 0) is 37.1 Å². The number of aromatic amines is 1. The maximum absolute atomic E-state index is 12.6. The third-order valence-electron chi connectivity index (χ3n) is 4.26. The average Bonchev–Trinajstić information content (AvgIpc) is 3.20. The number of ether oxygens (including phenoxy) is 1. The van der Waals surface area contributed by atoms with Crippen molar-refractivity contribution in [2.75, 3.05) is 0 Å². The predicted molar refractivity (Wildman–Crippen MR) is 102 cm³/mol. The predicted octanol–water partition coefficient (Wildman–Crippen LogP) is 2.57. The van der Waals surface area contributed by atoms with Gasteiger partial charge in [0.25, 0.3) is 11.5 Å². The molecule has 0 spiro atoms.